The molecule has 0 spiro atoms. The third kappa shape index (κ3) is 13.7. The molecular formula is C8H18O7. The van der Waals surface area contributed by atoms with Crippen molar-refractivity contribution in [3.05, 3.63) is 0 Å². The maximum absolute atomic E-state index is 4.91. The lowest BCUT2D eigenvalue weighted by Crippen LogP contribution is -2.10. The van der Waals surface area contributed by atoms with Gasteiger partial charge in [0.1, 0.15) is 13.6 Å². The largest absolute Gasteiger partial charge is 0.359 e. The predicted molar refractivity (Wildman–Crippen MR) is 48.6 cm³/mol. The molecule has 92 valence electrons. The summed E-state index contributed by atoms with van der Waals surface area (Å²) in [5.41, 5.74) is 0. The second-order valence-electron chi connectivity index (χ2n) is 2.31. The summed E-state index contributed by atoms with van der Waals surface area (Å²) in [5.74, 6) is 0. The highest BCUT2D eigenvalue weighted by Crippen LogP contribution is 1.84. The molecule has 0 aromatic carbocycles. The van der Waals surface area contributed by atoms with Crippen LogP contribution in [0.15, 0.2) is 0 Å². The molecular weight excluding hydrogens is 208 g/mol. The zero-order valence-corrected chi connectivity index (χ0v) is 9.10. The van der Waals surface area contributed by atoms with Gasteiger partial charge in [0, 0.05) is 14.2 Å². The van der Waals surface area contributed by atoms with Gasteiger partial charge in [-0.15, -0.1) is 0 Å². The quantitative estimate of drug-likeness (QED) is 0.345. The van der Waals surface area contributed by atoms with E-state index >= 15 is 0 Å². The van der Waals surface area contributed by atoms with Crippen LogP contribution in [0.1, 0.15) is 0 Å². The first-order chi connectivity index (χ1) is 7.41. The molecule has 0 fully saturated rings. The van der Waals surface area contributed by atoms with E-state index in [4.69, 9.17) is 23.7 Å². The van der Waals surface area contributed by atoms with Crippen molar-refractivity contribution < 1.29 is 33.2 Å². The van der Waals surface area contributed by atoms with E-state index in [0.717, 1.165) is 0 Å². The lowest BCUT2D eigenvalue weighted by Gasteiger charge is -2.07. The van der Waals surface area contributed by atoms with Crippen molar-refractivity contribution in [2.24, 2.45) is 0 Å². The number of hydrogen-bond donors (Lipinski definition) is 0. The first-order valence-corrected chi connectivity index (χ1v) is 4.28. The fourth-order valence-corrected chi connectivity index (χ4v) is 0.572. The standard InChI is InChI=1S/C8H18O7/c1-9-3-11-5-13-7-15-8-14-6-12-4-10-2/h3-8H2,1-2H3. The van der Waals surface area contributed by atoms with Gasteiger partial charge in [0.25, 0.3) is 0 Å². The van der Waals surface area contributed by atoms with Crippen molar-refractivity contribution >= 4 is 0 Å². The third-order valence-electron chi connectivity index (χ3n) is 1.07. The van der Waals surface area contributed by atoms with E-state index in [2.05, 4.69) is 9.47 Å². The Morgan fingerprint density at radius 2 is 0.733 bits per heavy atom. The van der Waals surface area contributed by atoms with Crippen LogP contribution in [0, 0.1) is 0 Å². The van der Waals surface area contributed by atoms with Crippen molar-refractivity contribution in [1.29, 1.82) is 0 Å². The van der Waals surface area contributed by atoms with Crippen LogP contribution < -0.4 is 0 Å². The highest BCUT2D eigenvalue weighted by atomic mass is 16.8. The molecule has 0 radical (unpaired) electrons. The molecule has 0 aliphatic rings. The smallest absolute Gasteiger partial charge is 0.152 e. The summed E-state index contributed by atoms with van der Waals surface area (Å²) in [6.45, 7) is 0.812. The molecule has 0 bridgehead atoms. The number of ether oxygens (including phenoxy) is 7. The molecule has 7 heteroatoms. The van der Waals surface area contributed by atoms with E-state index in [1.807, 2.05) is 0 Å². The Hall–Kier alpha value is -0.280. The monoisotopic (exact) mass is 226 g/mol. The summed E-state index contributed by atoms with van der Waals surface area (Å²) in [6.07, 6.45) is 0. The second-order valence-corrected chi connectivity index (χ2v) is 2.31. The van der Waals surface area contributed by atoms with Crippen molar-refractivity contribution in [2.75, 3.05) is 55.0 Å². The van der Waals surface area contributed by atoms with Gasteiger partial charge in [0.15, 0.2) is 27.2 Å². The van der Waals surface area contributed by atoms with Gasteiger partial charge in [-0.05, 0) is 0 Å². The van der Waals surface area contributed by atoms with E-state index in [1.165, 1.54) is 14.2 Å². The van der Waals surface area contributed by atoms with Crippen molar-refractivity contribution in [2.45, 2.75) is 0 Å². The molecule has 7 nitrogen and oxygen atoms in total. The van der Waals surface area contributed by atoms with Gasteiger partial charge in [-0.1, -0.05) is 0 Å². The van der Waals surface area contributed by atoms with E-state index < -0.39 is 0 Å². The molecule has 0 unspecified atom stereocenters. The summed E-state index contributed by atoms with van der Waals surface area (Å²) in [5, 5.41) is 0. The Morgan fingerprint density at radius 3 is 1.00 bits per heavy atom. The minimum atomic E-state index is 0.0913. The number of methoxy groups -OCH3 is 2. The summed E-state index contributed by atoms with van der Waals surface area (Å²) in [7, 11) is 3.06. The van der Waals surface area contributed by atoms with Crippen LogP contribution in [0.3, 0.4) is 0 Å². The summed E-state index contributed by atoms with van der Waals surface area (Å²) >= 11 is 0. The van der Waals surface area contributed by atoms with Crippen LogP contribution in [-0.4, -0.2) is 55.0 Å². The molecule has 0 amide bonds. The Kier molecular flexibility index (Phi) is 13.5. The summed E-state index contributed by atoms with van der Waals surface area (Å²) in [6, 6.07) is 0. The predicted octanol–water partition coefficient (Wildman–Crippen LogP) is 0.107. The lowest BCUT2D eigenvalue weighted by molar-refractivity contribution is -0.211. The second kappa shape index (κ2) is 13.7. The molecule has 0 atom stereocenters. The Morgan fingerprint density at radius 1 is 0.467 bits per heavy atom. The van der Waals surface area contributed by atoms with Gasteiger partial charge in [0.2, 0.25) is 0 Å². The highest BCUT2D eigenvalue weighted by molar-refractivity contribution is 4.06. The van der Waals surface area contributed by atoms with E-state index in [9.17, 15) is 0 Å². The van der Waals surface area contributed by atoms with Crippen LogP contribution in [0.25, 0.3) is 0 Å². The maximum Gasteiger partial charge on any atom is 0.152 e. The molecule has 0 aliphatic heterocycles. The van der Waals surface area contributed by atoms with Gasteiger partial charge in [-0.3, -0.25) is 0 Å². The molecule has 0 saturated carbocycles. The molecule has 0 rings (SSSR count). The minimum Gasteiger partial charge on any atom is -0.359 e. The Labute approximate surface area is 89.1 Å². The normalized spacial score (nSPS) is 10.8. The topological polar surface area (TPSA) is 64.6 Å². The fraction of sp³-hybridized carbons (Fsp3) is 1.00. The first kappa shape index (κ1) is 14.7. The highest BCUT2D eigenvalue weighted by Gasteiger charge is 1.90. The van der Waals surface area contributed by atoms with E-state index in [0.29, 0.717) is 0 Å². The maximum atomic E-state index is 4.91. The summed E-state index contributed by atoms with van der Waals surface area (Å²) < 4.78 is 33.6. The van der Waals surface area contributed by atoms with Crippen LogP contribution in [0.4, 0.5) is 0 Å². The van der Waals surface area contributed by atoms with Crippen molar-refractivity contribution in [3.63, 3.8) is 0 Å². The average Bonchev–Trinajstić information content (AvgIpc) is 2.26. The minimum absolute atomic E-state index is 0.0913. The van der Waals surface area contributed by atoms with E-state index in [1.54, 1.807) is 0 Å². The fourth-order valence-electron chi connectivity index (χ4n) is 0.572. The molecule has 0 aromatic rings. The molecule has 0 aliphatic carbocycles. The van der Waals surface area contributed by atoms with Gasteiger partial charge in [-0.25, -0.2) is 0 Å². The Bertz CT molecular complexity index is 99.2. The van der Waals surface area contributed by atoms with Crippen LogP contribution in [-0.2, 0) is 33.2 Å². The van der Waals surface area contributed by atoms with Gasteiger partial charge < -0.3 is 33.2 Å². The first-order valence-electron chi connectivity index (χ1n) is 4.28. The molecule has 0 aromatic heterocycles. The Balaban J connectivity index is 2.81. The number of hydrogen-bond acceptors (Lipinski definition) is 7. The van der Waals surface area contributed by atoms with E-state index in [-0.39, 0.29) is 40.8 Å². The SMILES string of the molecule is COCOCOCOCOCOCOC. The van der Waals surface area contributed by atoms with Crippen molar-refractivity contribution in [1.82, 2.24) is 0 Å². The van der Waals surface area contributed by atoms with Crippen LogP contribution in [0.2, 0.25) is 0 Å². The summed E-state index contributed by atoms with van der Waals surface area (Å²) in [4.78, 5) is 0. The van der Waals surface area contributed by atoms with Crippen LogP contribution in [0.5, 0.6) is 0 Å². The lowest BCUT2D eigenvalue weighted by atomic mass is 11.2. The third-order valence-corrected chi connectivity index (χ3v) is 1.07. The molecule has 0 saturated heterocycles. The molecule has 0 heterocycles. The van der Waals surface area contributed by atoms with Crippen LogP contribution >= 0.6 is 0 Å². The number of rotatable bonds is 12. The molecule has 15 heavy (non-hydrogen) atoms. The van der Waals surface area contributed by atoms with Gasteiger partial charge in [-0.2, -0.15) is 0 Å². The van der Waals surface area contributed by atoms with Gasteiger partial charge in [0.05, 0.1) is 0 Å². The van der Waals surface area contributed by atoms with Gasteiger partial charge >= 0.3 is 0 Å². The molecule has 0 N–H and O–H groups in total. The zero-order chi connectivity index (χ0) is 11.2. The van der Waals surface area contributed by atoms with Crippen molar-refractivity contribution in [3.8, 4) is 0 Å². The average molecular weight is 226 g/mol. The zero-order valence-electron chi connectivity index (χ0n) is 9.10.